The van der Waals surface area contributed by atoms with E-state index in [0.29, 0.717) is 17.7 Å². The van der Waals surface area contributed by atoms with Gasteiger partial charge in [0.25, 0.3) is 5.91 Å². The summed E-state index contributed by atoms with van der Waals surface area (Å²) in [6, 6.07) is 6.31. The second kappa shape index (κ2) is 7.21. The number of amides is 1. The number of carbonyl (C=O) groups excluding carboxylic acids is 2. The predicted molar refractivity (Wildman–Crippen MR) is 78.6 cm³/mol. The molecule has 0 fully saturated rings. The van der Waals surface area contributed by atoms with Gasteiger partial charge in [-0.25, -0.2) is 8.42 Å². The van der Waals surface area contributed by atoms with Crippen molar-refractivity contribution in [2.24, 2.45) is 0 Å². The van der Waals surface area contributed by atoms with Gasteiger partial charge in [0.15, 0.2) is 9.84 Å². The highest BCUT2D eigenvalue weighted by molar-refractivity contribution is 7.89. The van der Waals surface area contributed by atoms with Crippen LogP contribution in [-0.2, 0) is 25.1 Å². The van der Waals surface area contributed by atoms with Crippen molar-refractivity contribution in [3.63, 3.8) is 0 Å². The van der Waals surface area contributed by atoms with Crippen LogP contribution in [0.5, 0.6) is 0 Å². The number of methoxy groups -OCH3 is 1. The van der Waals surface area contributed by atoms with E-state index in [1.807, 2.05) is 0 Å². The Morgan fingerprint density at radius 3 is 2.19 bits per heavy atom. The minimum absolute atomic E-state index is 0.0683. The molecular weight excluding hydrogens is 294 g/mol. The SMILES string of the molecule is CCN(CC(=O)OC)C(=O)c1ccc(CS(C)(=O)=O)cc1. The molecule has 0 heterocycles. The van der Waals surface area contributed by atoms with Gasteiger partial charge in [-0.3, -0.25) is 9.59 Å². The van der Waals surface area contributed by atoms with E-state index in [9.17, 15) is 18.0 Å². The number of likely N-dealkylation sites (N-methyl/N-ethyl adjacent to an activating group) is 1. The molecule has 1 amide bonds. The van der Waals surface area contributed by atoms with Crippen molar-refractivity contribution in [3.05, 3.63) is 35.4 Å². The average molecular weight is 313 g/mol. The standard InChI is InChI=1S/C14H19NO5S/c1-4-15(9-13(16)20-2)14(17)12-7-5-11(6-8-12)10-21(3,18)19/h5-8H,4,9-10H2,1-3H3. The smallest absolute Gasteiger partial charge is 0.325 e. The third-order valence-electron chi connectivity index (χ3n) is 2.85. The highest BCUT2D eigenvalue weighted by atomic mass is 32.2. The largest absolute Gasteiger partial charge is 0.468 e. The molecule has 7 heteroatoms. The molecule has 116 valence electrons. The molecule has 1 aromatic rings. The minimum atomic E-state index is -3.11. The summed E-state index contributed by atoms with van der Waals surface area (Å²) in [6.45, 7) is 2.02. The van der Waals surface area contributed by atoms with Crippen molar-refractivity contribution in [1.29, 1.82) is 0 Å². The summed E-state index contributed by atoms with van der Waals surface area (Å²) in [5.41, 5.74) is 1.02. The first-order valence-corrected chi connectivity index (χ1v) is 8.45. The molecule has 1 rings (SSSR count). The molecular formula is C14H19NO5S. The molecule has 0 N–H and O–H groups in total. The lowest BCUT2D eigenvalue weighted by molar-refractivity contribution is -0.141. The second-order valence-corrected chi connectivity index (χ2v) is 6.80. The maximum absolute atomic E-state index is 12.2. The van der Waals surface area contributed by atoms with E-state index in [1.54, 1.807) is 31.2 Å². The summed E-state index contributed by atoms with van der Waals surface area (Å²) in [7, 11) is -1.84. The molecule has 0 aliphatic carbocycles. The number of esters is 1. The summed E-state index contributed by atoms with van der Waals surface area (Å²) in [4.78, 5) is 24.8. The number of ether oxygens (including phenoxy) is 1. The molecule has 1 aromatic carbocycles. The summed E-state index contributed by atoms with van der Waals surface area (Å²) >= 11 is 0. The molecule has 0 radical (unpaired) electrons. The van der Waals surface area contributed by atoms with E-state index in [0.717, 1.165) is 6.26 Å². The molecule has 0 unspecified atom stereocenters. The highest BCUT2D eigenvalue weighted by Gasteiger charge is 2.17. The van der Waals surface area contributed by atoms with Gasteiger partial charge in [-0.2, -0.15) is 0 Å². The minimum Gasteiger partial charge on any atom is -0.468 e. The predicted octanol–water partition coefficient (Wildman–Crippen LogP) is 0.866. The fourth-order valence-electron chi connectivity index (χ4n) is 1.78. The van der Waals surface area contributed by atoms with Gasteiger partial charge >= 0.3 is 5.97 Å². The third kappa shape index (κ3) is 5.55. The van der Waals surface area contributed by atoms with Crippen LogP contribution in [0, 0.1) is 0 Å². The first-order chi connectivity index (χ1) is 9.76. The normalized spacial score (nSPS) is 11.0. The fourth-order valence-corrected chi connectivity index (χ4v) is 2.57. The quantitative estimate of drug-likeness (QED) is 0.728. The van der Waals surface area contributed by atoms with E-state index in [1.165, 1.54) is 12.0 Å². The van der Waals surface area contributed by atoms with Crippen LogP contribution < -0.4 is 0 Å². The van der Waals surface area contributed by atoms with Gasteiger partial charge in [0, 0.05) is 18.4 Å². The van der Waals surface area contributed by atoms with E-state index < -0.39 is 15.8 Å². The number of benzene rings is 1. The van der Waals surface area contributed by atoms with Gasteiger partial charge in [0.2, 0.25) is 0 Å². The van der Waals surface area contributed by atoms with Crippen LogP contribution in [0.2, 0.25) is 0 Å². The summed E-state index contributed by atoms with van der Waals surface area (Å²) in [5.74, 6) is -0.853. The Kier molecular flexibility index (Phi) is 5.90. The number of hydrogen-bond acceptors (Lipinski definition) is 5. The van der Waals surface area contributed by atoms with Crippen molar-refractivity contribution in [3.8, 4) is 0 Å². The lowest BCUT2D eigenvalue weighted by atomic mass is 10.1. The van der Waals surface area contributed by atoms with E-state index in [4.69, 9.17) is 0 Å². The van der Waals surface area contributed by atoms with E-state index >= 15 is 0 Å². The van der Waals surface area contributed by atoms with E-state index in [2.05, 4.69) is 4.74 Å². The Bertz CT molecular complexity index is 607. The van der Waals surface area contributed by atoms with Crippen LogP contribution in [0.4, 0.5) is 0 Å². The van der Waals surface area contributed by atoms with Crippen LogP contribution in [0.3, 0.4) is 0 Å². The number of rotatable bonds is 6. The van der Waals surface area contributed by atoms with Crippen molar-refractivity contribution in [1.82, 2.24) is 4.90 Å². The summed E-state index contributed by atoms with van der Waals surface area (Å²) in [6.07, 6.45) is 1.15. The summed E-state index contributed by atoms with van der Waals surface area (Å²) < 4.78 is 26.9. The number of sulfone groups is 1. The molecule has 0 atom stereocenters. The molecule has 0 saturated heterocycles. The summed E-state index contributed by atoms with van der Waals surface area (Å²) in [5, 5.41) is 0. The molecule has 0 aliphatic rings. The molecule has 6 nitrogen and oxygen atoms in total. The second-order valence-electron chi connectivity index (χ2n) is 4.66. The molecule has 0 aliphatic heterocycles. The number of nitrogens with zero attached hydrogens (tertiary/aromatic N) is 1. The van der Waals surface area contributed by atoms with Crippen molar-refractivity contribution in [2.75, 3.05) is 26.5 Å². The topological polar surface area (TPSA) is 80.8 Å². The van der Waals surface area contributed by atoms with Crippen molar-refractivity contribution in [2.45, 2.75) is 12.7 Å². The Morgan fingerprint density at radius 2 is 1.76 bits per heavy atom. The highest BCUT2D eigenvalue weighted by Crippen LogP contribution is 2.10. The fraction of sp³-hybridized carbons (Fsp3) is 0.429. The van der Waals surface area contributed by atoms with Gasteiger partial charge in [0.1, 0.15) is 6.54 Å². The molecule has 21 heavy (non-hydrogen) atoms. The van der Waals surface area contributed by atoms with Crippen LogP contribution in [0.1, 0.15) is 22.8 Å². The molecule has 0 aromatic heterocycles. The van der Waals surface area contributed by atoms with Crippen LogP contribution in [-0.4, -0.2) is 51.6 Å². The molecule has 0 bridgehead atoms. The van der Waals surface area contributed by atoms with Crippen molar-refractivity contribution < 1.29 is 22.7 Å². The first kappa shape index (κ1) is 17.2. The maximum atomic E-state index is 12.2. The van der Waals surface area contributed by atoms with Gasteiger partial charge in [-0.1, -0.05) is 12.1 Å². The Labute approximate surface area is 124 Å². The zero-order valence-electron chi connectivity index (χ0n) is 12.3. The molecule has 0 saturated carbocycles. The van der Waals surface area contributed by atoms with Crippen molar-refractivity contribution >= 4 is 21.7 Å². The van der Waals surface area contributed by atoms with E-state index in [-0.39, 0.29) is 18.2 Å². The maximum Gasteiger partial charge on any atom is 0.325 e. The zero-order chi connectivity index (χ0) is 16.0. The third-order valence-corrected chi connectivity index (χ3v) is 3.70. The number of hydrogen-bond donors (Lipinski definition) is 0. The molecule has 0 spiro atoms. The number of carbonyl (C=O) groups is 2. The van der Waals surface area contributed by atoms with Gasteiger partial charge in [-0.05, 0) is 24.6 Å². The monoisotopic (exact) mass is 313 g/mol. The first-order valence-electron chi connectivity index (χ1n) is 6.39. The average Bonchev–Trinajstić information content (AvgIpc) is 2.42. The van der Waals surface area contributed by atoms with Gasteiger partial charge in [-0.15, -0.1) is 0 Å². The lowest BCUT2D eigenvalue weighted by Crippen LogP contribution is -2.36. The Hall–Kier alpha value is -1.89. The Morgan fingerprint density at radius 1 is 1.19 bits per heavy atom. The zero-order valence-corrected chi connectivity index (χ0v) is 13.1. The van der Waals surface area contributed by atoms with Crippen LogP contribution in [0.15, 0.2) is 24.3 Å². The van der Waals surface area contributed by atoms with Crippen LogP contribution >= 0.6 is 0 Å². The van der Waals surface area contributed by atoms with Gasteiger partial charge in [0.05, 0.1) is 12.9 Å². The van der Waals surface area contributed by atoms with Gasteiger partial charge < -0.3 is 9.64 Å². The van der Waals surface area contributed by atoms with Crippen LogP contribution in [0.25, 0.3) is 0 Å². The Balaban J connectivity index is 2.84. The lowest BCUT2D eigenvalue weighted by Gasteiger charge is -2.19.